The van der Waals surface area contributed by atoms with E-state index in [1.165, 1.54) is 16.7 Å². The van der Waals surface area contributed by atoms with Gasteiger partial charge in [0.2, 0.25) is 0 Å². The highest BCUT2D eigenvalue weighted by molar-refractivity contribution is 8.00. The predicted molar refractivity (Wildman–Crippen MR) is 131 cm³/mol. The first-order chi connectivity index (χ1) is 16.0. The minimum absolute atomic E-state index is 0.0756. The number of benzene rings is 2. The lowest BCUT2D eigenvalue weighted by Gasteiger charge is -2.48. The third-order valence-electron chi connectivity index (χ3n) is 5.37. The fourth-order valence-electron chi connectivity index (χ4n) is 3.64. The van der Waals surface area contributed by atoms with E-state index in [4.69, 9.17) is 32.7 Å². The molecule has 0 N–H and O–H groups in total. The molecular formula is C24H22Cl2N2O4S. The summed E-state index contributed by atoms with van der Waals surface area (Å²) >= 11 is 14.0. The number of hydrogen-bond donors (Lipinski definition) is 0. The van der Waals surface area contributed by atoms with E-state index in [0.29, 0.717) is 28.7 Å². The van der Waals surface area contributed by atoms with Crippen molar-refractivity contribution in [1.29, 1.82) is 0 Å². The molecule has 0 aliphatic carbocycles. The lowest BCUT2D eigenvalue weighted by molar-refractivity contribution is -0.151. The third kappa shape index (κ3) is 5.21. The molecule has 2 aliphatic rings. The first kappa shape index (κ1) is 23.7. The molecule has 0 aromatic heterocycles. The van der Waals surface area contributed by atoms with E-state index in [1.807, 2.05) is 42.5 Å². The number of fused-ring (bicyclic) bond motifs is 1. The van der Waals surface area contributed by atoms with E-state index >= 15 is 0 Å². The zero-order chi connectivity index (χ0) is 23.4. The van der Waals surface area contributed by atoms with Crippen LogP contribution < -0.4 is 4.74 Å². The van der Waals surface area contributed by atoms with Gasteiger partial charge in [0.1, 0.15) is 28.6 Å². The summed E-state index contributed by atoms with van der Waals surface area (Å²) in [6, 6.07) is 16.3. The van der Waals surface area contributed by atoms with Gasteiger partial charge < -0.3 is 9.47 Å². The van der Waals surface area contributed by atoms with E-state index in [9.17, 15) is 9.59 Å². The summed E-state index contributed by atoms with van der Waals surface area (Å²) in [5, 5.41) is 0.0491. The fourth-order valence-corrected chi connectivity index (χ4v) is 5.56. The van der Waals surface area contributed by atoms with E-state index < -0.39 is 12.0 Å². The fraction of sp³-hybridized carbons (Fsp3) is 0.292. The first-order valence-corrected chi connectivity index (χ1v) is 12.3. The van der Waals surface area contributed by atoms with Crippen LogP contribution in [0.2, 0.25) is 0 Å². The van der Waals surface area contributed by atoms with Crippen molar-refractivity contribution in [2.24, 2.45) is 4.99 Å². The highest BCUT2D eigenvalue weighted by Gasteiger charge is 2.54. The molecule has 2 atom stereocenters. The van der Waals surface area contributed by atoms with E-state index in [2.05, 4.69) is 4.99 Å². The van der Waals surface area contributed by atoms with Crippen molar-refractivity contribution < 1.29 is 19.1 Å². The molecule has 2 aliphatic heterocycles. The number of alkyl halides is 1. The van der Waals surface area contributed by atoms with Gasteiger partial charge in [-0.25, -0.2) is 4.79 Å². The lowest BCUT2D eigenvalue weighted by Crippen LogP contribution is -2.64. The average Bonchev–Trinajstić information content (AvgIpc) is 2.85. The highest BCUT2D eigenvalue weighted by atomic mass is 35.5. The van der Waals surface area contributed by atoms with Crippen LogP contribution in [-0.4, -0.2) is 52.1 Å². The lowest BCUT2D eigenvalue weighted by atomic mass is 10.0. The van der Waals surface area contributed by atoms with Crippen LogP contribution in [0.3, 0.4) is 0 Å². The van der Waals surface area contributed by atoms with Crippen molar-refractivity contribution in [3.05, 3.63) is 77.0 Å². The van der Waals surface area contributed by atoms with E-state index in [1.54, 1.807) is 19.2 Å². The summed E-state index contributed by atoms with van der Waals surface area (Å²) in [7, 11) is 1.59. The molecule has 2 aromatic carbocycles. The van der Waals surface area contributed by atoms with Crippen molar-refractivity contribution in [1.82, 2.24) is 4.90 Å². The zero-order valence-electron chi connectivity index (χ0n) is 17.9. The van der Waals surface area contributed by atoms with Crippen LogP contribution in [0.4, 0.5) is 0 Å². The molecule has 2 heterocycles. The van der Waals surface area contributed by atoms with Gasteiger partial charge in [0.15, 0.2) is 6.04 Å². The molecule has 9 heteroatoms. The topological polar surface area (TPSA) is 68.2 Å². The molecule has 6 nitrogen and oxygen atoms in total. The Balaban J connectivity index is 1.45. The third-order valence-corrected chi connectivity index (χ3v) is 7.25. The van der Waals surface area contributed by atoms with Crippen LogP contribution in [0.25, 0.3) is 0 Å². The molecule has 2 aromatic rings. The van der Waals surface area contributed by atoms with Gasteiger partial charge in [-0.05, 0) is 28.8 Å². The number of ether oxygens (including phenoxy) is 2. The Morgan fingerprint density at radius 2 is 1.88 bits per heavy atom. The Hall–Kier alpha value is -2.48. The minimum Gasteiger partial charge on any atom is -0.497 e. The summed E-state index contributed by atoms with van der Waals surface area (Å²) in [6.07, 6.45) is 0.448. The van der Waals surface area contributed by atoms with Crippen molar-refractivity contribution in [3.8, 4) is 5.75 Å². The standard InChI is InChI=1S/C24H22Cl2N2O4S/c1-31-18-9-7-16(8-10-18)13-32-24(30)21-17(12-25)14-33-23-20(22(29)28(21)23)27-19(26)11-15-5-3-2-4-6-15/h2-10,20,23H,11-14H2,1H3/b27-19-/t20-,23-/m1/s1. The summed E-state index contributed by atoms with van der Waals surface area (Å²) in [5.74, 6) is 0.523. The number of carbonyl (C=O) groups is 2. The number of hydrogen-bond acceptors (Lipinski definition) is 6. The second-order valence-electron chi connectivity index (χ2n) is 7.53. The van der Waals surface area contributed by atoms with Crippen molar-refractivity contribution in [2.75, 3.05) is 18.7 Å². The Morgan fingerprint density at radius 1 is 1.15 bits per heavy atom. The molecule has 4 rings (SSSR count). The highest BCUT2D eigenvalue weighted by Crippen LogP contribution is 2.42. The number of amides is 1. The normalized spacial score (nSPS) is 20.3. The predicted octanol–water partition coefficient (Wildman–Crippen LogP) is 4.40. The Labute approximate surface area is 206 Å². The van der Waals surface area contributed by atoms with Gasteiger partial charge >= 0.3 is 5.97 Å². The summed E-state index contributed by atoms with van der Waals surface area (Å²) in [4.78, 5) is 31.8. The number of halogens is 2. The molecule has 33 heavy (non-hydrogen) atoms. The second kappa shape index (κ2) is 10.6. The molecule has 0 radical (unpaired) electrons. The first-order valence-electron chi connectivity index (χ1n) is 10.3. The number of methoxy groups -OCH3 is 1. The minimum atomic E-state index is -0.632. The van der Waals surface area contributed by atoms with Crippen molar-refractivity contribution >= 4 is 52.0 Å². The molecule has 1 amide bonds. The summed E-state index contributed by atoms with van der Waals surface area (Å²) < 4.78 is 10.6. The molecule has 1 fully saturated rings. The number of nitrogens with zero attached hydrogens (tertiary/aromatic N) is 2. The van der Waals surface area contributed by atoms with Crippen LogP contribution in [0.15, 0.2) is 70.9 Å². The molecule has 0 spiro atoms. The van der Waals surface area contributed by atoms with Crippen LogP contribution in [-0.2, 0) is 27.4 Å². The van der Waals surface area contributed by atoms with Crippen LogP contribution in [0, 0.1) is 0 Å². The molecule has 172 valence electrons. The van der Waals surface area contributed by atoms with Gasteiger partial charge in [-0.1, -0.05) is 54.1 Å². The van der Waals surface area contributed by atoms with E-state index in [0.717, 1.165) is 11.1 Å². The number of β-lactam (4-membered cyclic amide) rings is 1. The number of thioether (sulfide) groups is 1. The number of esters is 1. The summed E-state index contributed by atoms with van der Waals surface area (Å²) in [5.41, 5.74) is 2.71. The average molecular weight is 505 g/mol. The monoisotopic (exact) mass is 504 g/mol. The maximum Gasteiger partial charge on any atom is 0.355 e. The molecular weight excluding hydrogens is 483 g/mol. The van der Waals surface area contributed by atoms with Gasteiger partial charge in [0, 0.05) is 18.1 Å². The Morgan fingerprint density at radius 3 is 2.55 bits per heavy atom. The quantitative estimate of drug-likeness (QED) is 0.230. The van der Waals surface area contributed by atoms with E-state index in [-0.39, 0.29) is 29.5 Å². The van der Waals surface area contributed by atoms with Gasteiger partial charge in [0.05, 0.1) is 7.11 Å². The number of aliphatic imine (C=N–C) groups is 1. The maximum atomic E-state index is 13.0. The largest absolute Gasteiger partial charge is 0.497 e. The molecule has 0 unspecified atom stereocenters. The second-order valence-corrected chi connectivity index (χ2v) is 9.34. The van der Waals surface area contributed by atoms with Crippen LogP contribution in [0.5, 0.6) is 5.75 Å². The SMILES string of the molecule is COc1ccc(COC(=O)C2=C(CCl)CS[C@@H]3[C@H](/N=C(\Cl)Cc4ccccc4)C(=O)N23)cc1. The molecule has 0 saturated carbocycles. The number of carbonyl (C=O) groups excluding carboxylic acids is 2. The van der Waals surface area contributed by atoms with Crippen molar-refractivity contribution in [3.63, 3.8) is 0 Å². The number of rotatable bonds is 8. The summed E-state index contributed by atoms with van der Waals surface area (Å²) in [6.45, 7) is 0.0756. The Bertz CT molecular complexity index is 1090. The van der Waals surface area contributed by atoms with Crippen LogP contribution >= 0.6 is 35.0 Å². The van der Waals surface area contributed by atoms with Gasteiger partial charge in [-0.15, -0.1) is 23.4 Å². The molecule has 1 saturated heterocycles. The smallest absolute Gasteiger partial charge is 0.355 e. The maximum absolute atomic E-state index is 13.0. The van der Waals surface area contributed by atoms with Crippen molar-refractivity contribution in [2.45, 2.75) is 24.4 Å². The van der Waals surface area contributed by atoms with Gasteiger partial charge in [0.25, 0.3) is 5.91 Å². The Kier molecular flexibility index (Phi) is 7.63. The van der Waals surface area contributed by atoms with Gasteiger partial charge in [-0.3, -0.25) is 14.7 Å². The molecule has 0 bridgehead atoms. The van der Waals surface area contributed by atoms with Gasteiger partial charge in [-0.2, -0.15) is 0 Å². The zero-order valence-corrected chi connectivity index (χ0v) is 20.2. The van der Waals surface area contributed by atoms with Crippen LogP contribution in [0.1, 0.15) is 11.1 Å².